The van der Waals surface area contributed by atoms with Gasteiger partial charge in [0.25, 0.3) is 0 Å². The first kappa shape index (κ1) is 12.4. The molecule has 1 aliphatic carbocycles. The predicted octanol–water partition coefficient (Wildman–Crippen LogP) is 2.82. The summed E-state index contributed by atoms with van der Waals surface area (Å²) in [5.41, 5.74) is -0.373. The molecule has 2 unspecified atom stereocenters. The largest absolute Gasteiger partial charge is 0.327 e. The van der Waals surface area contributed by atoms with Crippen LogP contribution in [0, 0.1) is 11.3 Å². The molecule has 1 aliphatic rings. The van der Waals surface area contributed by atoms with Crippen LogP contribution in [-0.2, 0) is 0 Å². The van der Waals surface area contributed by atoms with Gasteiger partial charge >= 0.3 is 0 Å². The van der Waals surface area contributed by atoms with E-state index in [2.05, 4.69) is 32.4 Å². The summed E-state index contributed by atoms with van der Waals surface area (Å²) < 4.78 is 2.22. The minimum Gasteiger partial charge on any atom is -0.327 e. The SMILES string of the molecule is CNC1(C#N)CCC(n2ccnc2-c2cccs2)C1. The number of nitrogens with one attached hydrogen (secondary N) is 1. The Labute approximate surface area is 116 Å². The third kappa shape index (κ3) is 2.07. The van der Waals surface area contributed by atoms with E-state index in [1.165, 1.54) is 4.88 Å². The van der Waals surface area contributed by atoms with E-state index >= 15 is 0 Å². The van der Waals surface area contributed by atoms with Gasteiger partial charge in [0.2, 0.25) is 0 Å². The summed E-state index contributed by atoms with van der Waals surface area (Å²) in [6, 6.07) is 6.92. The molecule has 0 bridgehead atoms. The molecule has 4 nitrogen and oxygen atoms in total. The van der Waals surface area contributed by atoms with Crippen molar-refractivity contribution < 1.29 is 0 Å². The highest BCUT2D eigenvalue weighted by molar-refractivity contribution is 7.13. The maximum absolute atomic E-state index is 9.35. The molecule has 5 heteroatoms. The fourth-order valence-electron chi connectivity index (χ4n) is 2.85. The number of thiophene rings is 1. The topological polar surface area (TPSA) is 53.6 Å². The van der Waals surface area contributed by atoms with E-state index in [9.17, 15) is 5.26 Å². The van der Waals surface area contributed by atoms with Gasteiger partial charge in [-0.05, 0) is 37.8 Å². The van der Waals surface area contributed by atoms with Gasteiger partial charge in [0.05, 0.1) is 10.9 Å². The van der Waals surface area contributed by atoms with Crippen molar-refractivity contribution in [2.75, 3.05) is 7.05 Å². The first-order chi connectivity index (χ1) is 9.28. The van der Waals surface area contributed by atoms with Crippen LogP contribution in [0.1, 0.15) is 25.3 Å². The van der Waals surface area contributed by atoms with Gasteiger partial charge in [-0.1, -0.05) is 6.07 Å². The van der Waals surface area contributed by atoms with Gasteiger partial charge in [-0.3, -0.25) is 0 Å². The van der Waals surface area contributed by atoms with E-state index in [0.29, 0.717) is 6.04 Å². The monoisotopic (exact) mass is 272 g/mol. The van der Waals surface area contributed by atoms with Crippen LogP contribution in [0.5, 0.6) is 0 Å². The van der Waals surface area contributed by atoms with Gasteiger partial charge in [-0.2, -0.15) is 5.26 Å². The van der Waals surface area contributed by atoms with Crippen molar-refractivity contribution in [2.24, 2.45) is 0 Å². The van der Waals surface area contributed by atoms with Crippen molar-refractivity contribution in [1.82, 2.24) is 14.9 Å². The number of aromatic nitrogens is 2. The van der Waals surface area contributed by atoms with Crippen molar-refractivity contribution >= 4 is 11.3 Å². The van der Waals surface area contributed by atoms with E-state index in [-0.39, 0.29) is 5.54 Å². The molecule has 98 valence electrons. The van der Waals surface area contributed by atoms with Crippen LogP contribution < -0.4 is 5.32 Å². The fourth-order valence-corrected chi connectivity index (χ4v) is 3.57. The highest BCUT2D eigenvalue weighted by Crippen LogP contribution is 2.39. The molecule has 2 atom stereocenters. The first-order valence-electron chi connectivity index (χ1n) is 6.45. The van der Waals surface area contributed by atoms with E-state index in [0.717, 1.165) is 25.1 Å². The second kappa shape index (κ2) is 4.80. The van der Waals surface area contributed by atoms with Crippen LogP contribution in [0.15, 0.2) is 29.9 Å². The third-order valence-electron chi connectivity index (χ3n) is 3.98. The number of hydrogen-bond donors (Lipinski definition) is 1. The minimum atomic E-state index is -0.373. The highest BCUT2D eigenvalue weighted by atomic mass is 32.1. The van der Waals surface area contributed by atoms with Gasteiger partial charge in [0, 0.05) is 18.4 Å². The van der Waals surface area contributed by atoms with Crippen LogP contribution in [-0.4, -0.2) is 22.1 Å². The summed E-state index contributed by atoms with van der Waals surface area (Å²) in [4.78, 5) is 5.66. The molecule has 0 amide bonds. The van der Waals surface area contributed by atoms with E-state index in [4.69, 9.17) is 0 Å². The number of nitriles is 1. The second-order valence-corrected chi connectivity index (χ2v) is 5.92. The zero-order valence-corrected chi connectivity index (χ0v) is 11.7. The lowest BCUT2D eigenvalue weighted by Gasteiger charge is -2.20. The maximum Gasteiger partial charge on any atom is 0.150 e. The lowest BCUT2D eigenvalue weighted by molar-refractivity contribution is 0.430. The molecule has 2 heterocycles. The Bertz CT molecular complexity index is 595. The molecule has 0 aliphatic heterocycles. The van der Waals surface area contributed by atoms with Crippen LogP contribution in [0.25, 0.3) is 10.7 Å². The summed E-state index contributed by atoms with van der Waals surface area (Å²) in [6.07, 6.45) is 6.63. The van der Waals surface area contributed by atoms with Gasteiger partial charge < -0.3 is 9.88 Å². The van der Waals surface area contributed by atoms with E-state index in [1.807, 2.05) is 25.5 Å². The average molecular weight is 272 g/mol. The highest BCUT2D eigenvalue weighted by Gasteiger charge is 2.39. The van der Waals surface area contributed by atoms with Crippen molar-refractivity contribution in [3.05, 3.63) is 29.9 Å². The standard InChI is InChI=1S/C14H16N4S/c1-16-14(10-15)5-4-11(9-14)18-7-6-17-13(18)12-3-2-8-19-12/h2-3,6-8,11,16H,4-5,9H2,1H3. The number of hydrogen-bond acceptors (Lipinski definition) is 4. The van der Waals surface area contributed by atoms with Gasteiger partial charge in [-0.25, -0.2) is 4.98 Å². The molecule has 1 N–H and O–H groups in total. The molecule has 0 spiro atoms. The van der Waals surface area contributed by atoms with Gasteiger partial charge in [-0.15, -0.1) is 11.3 Å². The Kier molecular flexibility index (Phi) is 3.13. The smallest absolute Gasteiger partial charge is 0.150 e. The Hall–Kier alpha value is -1.64. The number of nitrogens with zero attached hydrogens (tertiary/aromatic N) is 3. The zero-order valence-electron chi connectivity index (χ0n) is 10.8. The molecule has 2 aromatic rings. The zero-order chi connectivity index (χ0) is 13.3. The molecule has 0 saturated heterocycles. The molecule has 2 aromatic heterocycles. The number of rotatable bonds is 3. The van der Waals surface area contributed by atoms with Crippen LogP contribution in [0.4, 0.5) is 0 Å². The quantitative estimate of drug-likeness (QED) is 0.934. The van der Waals surface area contributed by atoms with E-state index < -0.39 is 0 Å². The Balaban J connectivity index is 1.90. The van der Waals surface area contributed by atoms with E-state index in [1.54, 1.807) is 11.3 Å². The maximum atomic E-state index is 9.35. The van der Waals surface area contributed by atoms with Gasteiger partial charge in [0.1, 0.15) is 11.4 Å². The molecular weight excluding hydrogens is 256 g/mol. The molecular formula is C14H16N4S. The summed E-state index contributed by atoms with van der Waals surface area (Å²) in [6.45, 7) is 0. The molecule has 3 rings (SSSR count). The van der Waals surface area contributed by atoms with Crippen LogP contribution in [0.3, 0.4) is 0 Å². The molecule has 0 aromatic carbocycles. The lowest BCUT2D eigenvalue weighted by atomic mass is 10.00. The van der Waals surface area contributed by atoms with Crippen LogP contribution in [0.2, 0.25) is 0 Å². The van der Waals surface area contributed by atoms with Crippen molar-refractivity contribution in [3.8, 4) is 16.8 Å². The molecule has 1 saturated carbocycles. The molecule has 19 heavy (non-hydrogen) atoms. The second-order valence-electron chi connectivity index (χ2n) is 4.98. The van der Waals surface area contributed by atoms with Crippen molar-refractivity contribution in [2.45, 2.75) is 30.8 Å². The van der Waals surface area contributed by atoms with Crippen molar-refractivity contribution in [1.29, 1.82) is 5.26 Å². The lowest BCUT2D eigenvalue weighted by Crippen LogP contribution is -2.38. The minimum absolute atomic E-state index is 0.353. The fraction of sp³-hybridized carbons (Fsp3) is 0.429. The van der Waals surface area contributed by atoms with Gasteiger partial charge in [0.15, 0.2) is 0 Å². The summed E-state index contributed by atoms with van der Waals surface area (Å²) in [5.74, 6) is 1.02. The molecule has 0 radical (unpaired) electrons. The van der Waals surface area contributed by atoms with Crippen LogP contribution >= 0.6 is 11.3 Å². The first-order valence-corrected chi connectivity index (χ1v) is 7.33. The Morgan fingerprint density at radius 1 is 1.63 bits per heavy atom. The van der Waals surface area contributed by atoms with Crippen molar-refractivity contribution in [3.63, 3.8) is 0 Å². The molecule has 1 fully saturated rings. The Morgan fingerprint density at radius 3 is 3.16 bits per heavy atom. The third-order valence-corrected chi connectivity index (χ3v) is 4.85. The Morgan fingerprint density at radius 2 is 2.53 bits per heavy atom. The predicted molar refractivity (Wildman–Crippen MR) is 75.8 cm³/mol. The summed E-state index contributed by atoms with van der Waals surface area (Å²) >= 11 is 1.70. The normalized spacial score (nSPS) is 26.4. The number of imidazole rings is 1. The average Bonchev–Trinajstić information content (AvgIpc) is 3.17. The summed E-state index contributed by atoms with van der Waals surface area (Å²) in [7, 11) is 1.87. The summed E-state index contributed by atoms with van der Waals surface area (Å²) in [5, 5.41) is 14.6.